The highest BCUT2D eigenvalue weighted by Crippen LogP contribution is 2.24. The molecule has 0 aliphatic heterocycles. The molecule has 4 rings (SSSR count). The average Bonchev–Trinajstić information content (AvgIpc) is 3.13. The van der Waals surface area contributed by atoms with E-state index in [0.29, 0.717) is 18.7 Å². The monoisotopic (exact) mass is 415 g/mol. The van der Waals surface area contributed by atoms with E-state index in [1.807, 2.05) is 80.6 Å². The summed E-state index contributed by atoms with van der Waals surface area (Å²) in [6, 6.07) is 21.1. The molecule has 0 radical (unpaired) electrons. The van der Waals surface area contributed by atoms with Crippen LogP contribution < -0.4 is 14.8 Å². The van der Waals surface area contributed by atoms with Gasteiger partial charge in [-0.05, 0) is 62.4 Å². The van der Waals surface area contributed by atoms with Crippen LogP contribution in [-0.4, -0.2) is 29.2 Å². The second-order valence-corrected chi connectivity index (χ2v) is 7.12. The van der Waals surface area contributed by atoms with Crippen molar-refractivity contribution in [2.75, 3.05) is 13.7 Å². The fourth-order valence-corrected chi connectivity index (χ4v) is 3.65. The van der Waals surface area contributed by atoms with E-state index in [1.165, 1.54) is 0 Å². The van der Waals surface area contributed by atoms with Gasteiger partial charge in [-0.1, -0.05) is 18.2 Å². The van der Waals surface area contributed by atoms with Gasteiger partial charge in [0.1, 0.15) is 17.3 Å². The molecule has 0 atom stereocenters. The van der Waals surface area contributed by atoms with Gasteiger partial charge in [-0.3, -0.25) is 9.36 Å². The Labute approximate surface area is 181 Å². The second-order valence-electron chi connectivity index (χ2n) is 7.12. The Morgan fingerprint density at radius 2 is 1.84 bits per heavy atom. The van der Waals surface area contributed by atoms with Crippen LogP contribution in [0.2, 0.25) is 0 Å². The van der Waals surface area contributed by atoms with Crippen LogP contribution in [0.1, 0.15) is 28.7 Å². The number of amides is 1. The number of benzene rings is 3. The molecule has 0 aliphatic rings. The van der Waals surface area contributed by atoms with Crippen molar-refractivity contribution in [1.82, 2.24) is 14.9 Å². The van der Waals surface area contributed by atoms with E-state index in [4.69, 9.17) is 9.47 Å². The summed E-state index contributed by atoms with van der Waals surface area (Å²) in [7, 11) is 1.62. The topological polar surface area (TPSA) is 65.4 Å². The van der Waals surface area contributed by atoms with Gasteiger partial charge in [0, 0.05) is 23.4 Å². The molecule has 1 amide bonds. The number of carbonyl (C=O) groups is 1. The van der Waals surface area contributed by atoms with Crippen LogP contribution in [0.4, 0.5) is 0 Å². The zero-order valence-corrected chi connectivity index (χ0v) is 17.9. The maximum Gasteiger partial charge on any atom is 0.251 e. The zero-order valence-electron chi connectivity index (χ0n) is 17.9. The quantitative estimate of drug-likeness (QED) is 0.476. The number of fused-ring (bicyclic) bond motifs is 1. The smallest absolute Gasteiger partial charge is 0.251 e. The summed E-state index contributed by atoms with van der Waals surface area (Å²) in [6.45, 7) is 4.94. The predicted octanol–water partition coefficient (Wildman–Crippen LogP) is 4.67. The second kappa shape index (κ2) is 8.92. The van der Waals surface area contributed by atoms with E-state index in [1.54, 1.807) is 7.11 Å². The van der Waals surface area contributed by atoms with Gasteiger partial charge in [-0.2, -0.15) is 0 Å². The normalized spacial score (nSPS) is 10.8. The summed E-state index contributed by atoms with van der Waals surface area (Å²) < 4.78 is 12.9. The number of hydrogen-bond donors (Lipinski definition) is 1. The molecule has 4 aromatic rings. The Hall–Kier alpha value is -3.80. The summed E-state index contributed by atoms with van der Waals surface area (Å²) in [5, 5.41) is 2.96. The SMILES string of the molecule is CCOc1ccc(-n2c(C)nc3cc(C(=O)NCc4ccccc4OC)ccc32)cc1. The Kier molecular flexibility index (Phi) is 5.89. The maximum absolute atomic E-state index is 12.7. The van der Waals surface area contributed by atoms with E-state index in [9.17, 15) is 4.79 Å². The highest BCUT2D eigenvalue weighted by atomic mass is 16.5. The van der Waals surface area contributed by atoms with Crippen molar-refractivity contribution in [2.24, 2.45) is 0 Å². The van der Waals surface area contributed by atoms with Crippen LogP contribution in [0.3, 0.4) is 0 Å². The number of rotatable bonds is 7. The van der Waals surface area contributed by atoms with Crippen molar-refractivity contribution >= 4 is 16.9 Å². The highest BCUT2D eigenvalue weighted by Gasteiger charge is 2.13. The summed E-state index contributed by atoms with van der Waals surface area (Å²) in [6.07, 6.45) is 0. The average molecular weight is 415 g/mol. The summed E-state index contributed by atoms with van der Waals surface area (Å²) in [4.78, 5) is 17.4. The van der Waals surface area contributed by atoms with E-state index in [0.717, 1.165) is 39.6 Å². The fraction of sp³-hybridized carbons (Fsp3) is 0.200. The van der Waals surface area contributed by atoms with Crippen LogP contribution >= 0.6 is 0 Å². The Balaban J connectivity index is 1.56. The van der Waals surface area contributed by atoms with Gasteiger partial charge in [0.15, 0.2) is 0 Å². The van der Waals surface area contributed by atoms with Crippen LogP contribution in [0, 0.1) is 6.92 Å². The van der Waals surface area contributed by atoms with Gasteiger partial charge < -0.3 is 14.8 Å². The minimum Gasteiger partial charge on any atom is -0.496 e. The first-order valence-corrected chi connectivity index (χ1v) is 10.2. The van der Waals surface area contributed by atoms with Crippen molar-refractivity contribution in [3.63, 3.8) is 0 Å². The van der Waals surface area contributed by atoms with E-state index < -0.39 is 0 Å². The van der Waals surface area contributed by atoms with Crippen LogP contribution in [0.25, 0.3) is 16.7 Å². The lowest BCUT2D eigenvalue weighted by Crippen LogP contribution is -2.23. The molecule has 6 nitrogen and oxygen atoms in total. The Bertz CT molecular complexity index is 1210. The standard InChI is InChI=1S/C25H25N3O3/c1-4-31-21-12-10-20(11-13-21)28-17(2)27-22-15-18(9-14-23(22)28)25(29)26-16-19-7-5-6-8-24(19)30-3/h5-15H,4,16H2,1-3H3,(H,26,29). The number of methoxy groups -OCH3 is 1. The summed E-state index contributed by atoms with van der Waals surface area (Å²) in [5.41, 5.74) is 4.21. The number of para-hydroxylation sites is 1. The lowest BCUT2D eigenvalue weighted by molar-refractivity contribution is 0.0951. The van der Waals surface area contributed by atoms with Gasteiger partial charge in [-0.15, -0.1) is 0 Å². The van der Waals surface area contributed by atoms with Gasteiger partial charge in [-0.25, -0.2) is 4.98 Å². The molecular weight excluding hydrogens is 390 g/mol. The molecule has 3 aromatic carbocycles. The molecule has 0 bridgehead atoms. The van der Waals surface area contributed by atoms with Gasteiger partial charge in [0.2, 0.25) is 0 Å². The molecule has 0 spiro atoms. The van der Waals surface area contributed by atoms with Crippen molar-refractivity contribution in [3.05, 3.63) is 83.7 Å². The van der Waals surface area contributed by atoms with Crippen molar-refractivity contribution in [2.45, 2.75) is 20.4 Å². The molecule has 1 N–H and O–H groups in total. The lowest BCUT2D eigenvalue weighted by Gasteiger charge is -2.10. The molecule has 0 aliphatic carbocycles. The third-order valence-corrected chi connectivity index (χ3v) is 5.12. The van der Waals surface area contributed by atoms with Crippen molar-refractivity contribution in [1.29, 1.82) is 0 Å². The Morgan fingerprint density at radius 3 is 2.58 bits per heavy atom. The van der Waals surface area contributed by atoms with Gasteiger partial charge in [0.25, 0.3) is 5.91 Å². The van der Waals surface area contributed by atoms with Gasteiger partial charge in [0.05, 0.1) is 24.8 Å². The molecule has 158 valence electrons. The minimum absolute atomic E-state index is 0.152. The number of nitrogens with one attached hydrogen (secondary N) is 1. The lowest BCUT2D eigenvalue weighted by atomic mass is 10.1. The fourth-order valence-electron chi connectivity index (χ4n) is 3.65. The number of aryl methyl sites for hydroxylation is 1. The molecule has 0 saturated carbocycles. The number of carbonyl (C=O) groups excluding carboxylic acids is 1. The molecule has 6 heteroatoms. The van der Waals surface area contributed by atoms with Gasteiger partial charge >= 0.3 is 0 Å². The molecular formula is C25H25N3O3. The maximum atomic E-state index is 12.7. The van der Waals surface area contributed by atoms with Crippen LogP contribution in [0.15, 0.2) is 66.7 Å². The number of ether oxygens (including phenoxy) is 2. The Morgan fingerprint density at radius 1 is 1.06 bits per heavy atom. The highest BCUT2D eigenvalue weighted by molar-refractivity contribution is 5.97. The molecule has 1 heterocycles. The molecule has 1 aromatic heterocycles. The van der Waals surface area contributed by atoms with E-state index >= 15 is 0 Å². The minimum atomic E-state index is -0.152. The molecule has 0 unspecified atom stereocenters. The van der Waals surface area contributed by atoms with Crippen molar-refractivity contribution < 1.29 is 14.3 Å². The largest absolute Gasteiger partial charge is 0.496 e. The van der Waals surface area contributed by atoms with Crippen LogP contribution in [0.5, 0.6) is 11.5 Å². The molecule has 31 heavy (non-hydrogen) atoms. The van der Waals surface area contributed by atoms with Crippen LogP contribution in [-0.2, 0) is 6.54 Å². The third-order valence-electron chi connectivity index (χ3n) is 5.12. The number of imidazole rings is 1. The summed E-state index contributed by atoms with van der Waals surface area (Å²) >= 11 is 0. The zero-order chi connectivity index (χ0) is 21.8. The first-order chi connectivity index (χ1) is 15.1. The van der Waals surface area contributed by atoms with E-state index in [-0.39, 0.29) is 5.91 Å². The first-order valence-electron chi connectivity index (χ1n) is 10.2. The summed E-state index contributed by atoms with van der Waals surface area (Å²) in [5.74, 6) is 2.29. The molecule has 0 fully saturated rings. The number of nitrogens with zero attached hydrogens (tertiary/aromatic N) is 2. The number of hydrogen-bond acceptors (Lipinski definition) is 4. The molecule has 0 saturated heterocycles. The van der Waals surface area contributed by atoms with Crippen molar-refractivity contribution in [3.8, 4) is 17.2 Å². The first kappa shape index (κ1) is 20.5. The predicted molar refractivity (Wildman–Crippen MR) is 121 cm³/mol. The van der Waals surface area contributed by atoms with E-state index in [2.05, 4.69) is 14.9 Å². The number of aromatic nitrogens is 2. The third kappa shape index (κ3) is 4.23.